The van der Waals surface area contributed by atoms with Crippen LogP contribution in [0.4, 0.5) is 4.79 Å². The van der Waals surface area contributed by atoms with Crippen LogP contribution in [0.25, 0.3) is 16.8 Å². The lowest BCUT2D eigenvalue weighted by molar-refractivity contribution is -0.123. The molecule has 5 nitrogen and oxygen atoms in total. The molecule has 0 spiro atoms. The van der Waals surface area contributed by atoms with Crippen LogP contribution >= 0.6 is 50.9 Å². The first-order valence-corrected chi connectivity index (χ1v) is 14.0. The molecule has 0 radical (unpaired) electrons. The van der Waals surface area contributed by atoms with Crippen molar-refractivity contribution >= 4 is 78.9 Å². The predicted molar refractivity (Wildman–Crippen MR) is 157 cm³/mol. The first kappa shape index (κ1) is 26.6. The molecule has 0 N–H and O–H groups in total. The summed E-state index contributed by atoms with van der Waals surface area (Å²) in [6.45, 7) is 0.579. The Kier molecular flexibility index (Phi) is 8.29. The van der Waals surface area contributed by atoms with Gasteiger partial charge in [0.25, 0.3) is 11.1 Å². The normalized spacial score (nSPS) is 14.5. The van der Waals surface area contributed by atoms with Crippen LogP contribution in [0.5, 0.6) is 11.5 Å². The van der Waals surface area contributed by atoms with Gasteiger partial charge in [-0.15, -0.1) is 0 Å². The number of carbonyl (C=O) groups excluding carboxylic acids is 2. The lowest BCUT2D eigenvalue weighted by Gasteiger charge is -2.14. The minimum Gasteiger partial charge on any atom is -0.491 e. The van der Waals surface area contributed by atoms with Gasteiger partial charge in [-0.25, -0.2) is 0 Å². The Hall–Kier alpha value is -2.97. The third kappa shape index (κ3) is 5.86. The van der Waals surface area contributed by atoms with Crippen molar-refractivity contribution in [3.63, 3.8) is 0 Å². The molecule has 1 aliphatic heterocycles. The molecule has 192 valence electrons. The second kappa shape index (κ2) is 11.8. The van der Waals surface area contributed by atoms with E-state index in [0.717, 1.165) is 28.1 Å². The van der Waals surface area contributed by atoms with Gasteiger partial charge in [-0.05, 0) is 69.0 Å². The van der Waals surface area contributed by atoms with E-state index in [4.69, 9.17) is 32.7 Å². The van der Waals surface area contributed by atoms with Gasteiger partial charge in [-0.1, -0.05) is 77.8 Å². The van der Waals surface area contributed by atoms with Crippen LogP contribution < -0.4 is 9.47 Å². The van der Waals surface area contributed by atoms with E-state index in [1.54, 1.807) is 24.3 Å². The number of benzene rings is 4. The van der Waals surface area contributed by atoms with E-state index >= 15 is 0 Å². The summed E-state index contributed by atoms with van der Waals surface area (Å²) in [5, 5.41) is 2.66. The topological polar surface area (TPSA) is 55.8 Å². The highest BCUT2D eigenvalue weighted by Crippen LogP contribution is 2.38. The number of nitrogens with zero attached hydrogens (tertiary/aromatic N) is 1. The molecule has 0 saturated carbocycles. The third-order valence-corrected chi connectivity index (χ3v) is 7.99. The highest BCUT2D eigenvalue weighted by atomic mass is 79.9. The minimum atomic E-state index is -0.368. The average Bonchev–Trinajstić information content (AvgIpc) is 3.16. The minimum absolute atomic E-state index is 0.143. The van der Waals surface area contributed by atoms with Crippen LogP contribution in [-0.2, 0) is 11.4 Å². The van der Waals surface area contributed by atoms with Crippen molar-refractivity contribution in [3.8, 4) is 11.5 Å². The van der Waals surface area contributed by atoms with Crippen LogP contribution in [0.3, 0.4) is 0 Å². The standard InChI is InChI=1S/C29H20BrCl2NO4S/c30-22-14-18(15-24(32)27(22)37-17-20-7-2-4-10-23(20)31)16-26-28(34)33(29(35)38-26)12-13-36-25-11-5-8-19-6-1-3-9-21(19)25/h1-11,14-16H,12-13,17H2/b26-16-. The molecule has 1 fully saturated rings. The van der Waals surface area contributed by atoms with Gasteiger partial charge >= 0.3 is 0 Å². The van der Waals surface area contributed by atoms with E-state index < -0.39 is 0 Å². The van der Waals surface area contributed by atoms with Crippen molar-refractivity contribution in [2.75, 3.05) is 13.2 Å². The molecule has 2 amide bonds. The largest absolute Gasteiger partial charge is 0.491 e. The Morgan fingerprint density at radius 1 is 0.895 bits per heavy atom. The molecule has 5 rings (SSSR count). The third-order valence-electron chi connectivity index (χ3n) is 5.84. The first-order chi connectivity index (χ1) is 18.4. The maximum atomic E-state index is 13.0. The molecule has 0 aliphatic carbocycles. The molecule has 4 aromatic rings. The van der Waals surface area contributed by atoms with Crippen LogP contribution in [0, 0.1) is 0 Å². The summed E-state index contributed by atoms with van der Waals surface area (Å²) in [6, 6.07) is 24.6. The van der Waals surface area contributed by atoms with Gasteiger partial charge in [0.2, 0.25) is 0 Å². The zero-order valence-electron chi connectivity index (χ0n) is 19.8. The molecule has 9 heteroatoms. The lowest BCUT2D eigenvalue weighted by Crippen LogP contribution is -2.32. The quantitative estimate of drug-likeness (QED) is 0.183. The van der Waals surface area contributed by atoms with E-state index in [9.17, 15) is 9.59 Å². The summed E-state index contributed by atoms with van der Waals surface area (Å²) in [5.74, 6) is 0.803. The molecule has 0 aromatic heterocycles. The summed E-state index contributed by atoms with van der Waals surface area (Å²) in [4.78, 5) is 27.1. The van der Waals surface area contributed by atoms with E-state index in [-0.39, 0.29) is 30.9 Å². The molecular weight excluding hydrogens is 609 g/mol. The van der Waals surface area contributed by atoms with Gasteiger partial charge in [0, 0.05) is 16.0 Å². The fraction of sp³-hybridized carbons (Fsp3) is 0.103. The van der Waals surface area contributed by atoms with Crippen LogP contribution in [0.1, 0.15) is 11.1 Å². The number of halogens is 3. The average molecular weight is 629 g/mol. The number of ether oxygens (including phenoxy) is 2. The lowest BCUT2D eigenvalue weighted by atomic mass is 10.1. The zero-order chi connectivity index (χ0) is 26.6. The Bertz CT molecular complexity index is 1550. The number of thioether (sulfide) groups is 1. The second-order valence-electron chi connectivity index (χ2n) is 8.35. The fourth-order valence-electron chi connectivity index (χ4n) is 3.98. The number of rotatable bonds is 8. The summed E-state index contributed by atoms with van der Waals surface area (Å²) >= 11 is 17.1. The van der Waals surface area contributed by atoms with Gasteiger partial charge < -0.3 is 9.47 Å². The van der Waals surface area contributed by atoms with E-state index in [1.807, 2.05) is 60.7 Å². The number of carbonyl (C=O) groups is 2. The van der Waals surface area contributed by atoms with E-state index in [2.05, 4.69) is 15.9 Å². The van der Waals surface area contributed by atoms with Crippen LogP contribution in [0.2, 0.25) is 10.0 Å². The molecule has 0 bridgehead atoms. The number of imide groups is 1. The molecular formula is C29H20BrCl2NO4S. The number of amides is 2. The summed E-state index contributed by atoms with van der Waals surface area (Å²) in [6.07, 6.45) is 1.64. The molecule has 1 aliphatic rings. The molecule has 4 aromatic carbocycles. The SMILES string of the molecule is O=C1S/C(=C\c2cc(Cl)c(OCc3ccccc3Cl)c(Br)c2)C(=O)N1CCOc1cccc2ccccc12. The Labute approximate surface area is 242 Å². The molecule has 38 heavy (non-hydrogen) atoms. The van der Waals surface area contributed by atoms with Gasteiger partial charge in [0.1, 0.15) is 19.0 Å². The van der Waals surface area contributed by atoms with Crippen LogP contribution in [-0.4, -0.2) is 29.2 Å². The van der Waals surface area contributed by atoms with Crippen molar-refractivity contribution in [3.05, 3.63) is 109 Å². The van der Waals surface area contributed by atoms with Gasteiger partial charge in [0.15, 0.2) is 5.75 Å². The second-order valence-corrected chi connectivity index (χ2v) is 11.0. The van der Waals surface area contributed by atoms with E-state index in [1.165, 1.54) is 4.90 Å². The van der Waals surface area contributed by atoms with Gasteiger partial charge in [0.05, 0.1) is 20.9 Å². The molecule has 1 saturated heterocycles. The maximum absolute atomic E-state index is 13.0. The smallest absolute Gasteiger partial charge is 0.293 e. The van der Waals surface area contributed by atoms with Gasteiger partial charge in [-0.3, -0.25) is 14.5 Å². The summed E-state index contributed by atoms with van der Waals surface area (Å²) in [5.41, 5.74) is 1.49. The maximum Gasteiger partial charge on any atom is 0.293 e. The van der Waals surface area contributed by atoms with Crippen LogP contribution in [0.15, 0.2) is 88.2 Å². The monoisotopic (exact) mass is 627 g/mol. The Morgan fingerprint density at radius 3 is 2.47 bits per heavy atom. The summed E-state index contributed by atoms with van der Waals surface area (Å²) in [7, 11) is 0. The van der Waals surface area contributed by atoms with Crippen molar-refractivity contribution in [1.29, 1.82) is 0 Å². The van der Waals surface area contributed by atoms with E-state index in [0.29, 0.717) is 36.5 Å². The van der Waals surface area contributed by atoms with Crippen molar-refractivity contribution in [1.82, 2.24) is 4.90 Å². The summed E-state index contributed by atoms with van der Waals surface area (Å²) < 4.78 is 12.4. The predicted octanol–water partition coefficient (Wildman–Crippen LogP) is 8.60. The van der Waals surface area contributed by atoms with Gasteiger partial charge in [-0.2, -0.15) is 0 Å². The van der Waals surface area contributed by atoms with Crippen molar-refractivity contribution in [2.24, 2.45) is 0 Å². The number of fused-ring (bicyclic) bond motifs is 1. The Morgan fingerprint density at radius 2 is 1.66 bits per heavy atom. The molecule has 1 heterocycles. The molecule has 0 atom stereocenters. The van der Waals surface area contributed by atoms with Crippen molar-refractivity contribution in [2.45, 2.75) is 6.61 Å². The Balaban J connectivity index is 1.24. The number of hydrogen-bond donors (Lipinski definition) is 0. The highest BCUT2D eigenvalue weighted by molar-refractivity contribution is 9.10. The highest BCUT2D eigenvalue weighted by Gasteiger charge is 2.35. The van der Waals surface area contributed by atoms with Crippen molar-refractivity contribution < 1.29 is 19.1 Å². The first-order valence-electron chi connectivity index (χ1n) is 11.6. The molecule has 0 unspecified atom stereocenters. The zero-order valence-corrected chi connectivity index (χ0v) is 23.7. The number of hydrogen-bond acceptors (Lipinski definition) is 5. The fourth-order valence-corrected chi connectivity index (χ4v) is 6.02.